The van der Waals surface area contributed by atoms with Crippen molar-refractivity contribution in [3.63, 3.8) is 0 Å². The minimum atomic E-state index is -0.967. The van der Waals surface area contributed by atoms with Gasteiger partial charge in [0.05, 0.1) is 0 Å². The molecule has 5 nitrogen and oxygen atoms in total. The van der Waals surface area contributed by atoms with Crippen LogP contribution in [-0.4, -0.2) is 41.1 Å². The Hall–Kier alpha value is -1.26. The lowest BCUT2D eigenvalue weighted by molar-refractivity contribution is -0.139. The van der Waals surface area contributed by atoms with Gasteiger partial charge in [-0.3, -0.25) is 0 Å². The summed E-state index contributed by atoms with van der Waals surface area (Å²) in [6, 6.07) is -1.08. The minimum Gasteiger partial charge on any atom is -0.480 e. The molecule has 5 heteroatoms. The van der Waals surface area contributed by atoms with Crippen LogP contribution in [-0.2, 0) is 4.79 Å². The largest absolute Gasteiger partial charge is 0.480 e. The van der Waals surface area contributed by atoms with Crippen molar-refractivity contribution < 1.29 is 14.7 Å². The number of amides is 2. The number of carboxylic acids is 1. The first-order chi connectivity index (χ1) is 9.35. The summed E-state index contributed by atoms with van der Waals surface area (Å²) in [4.78, 5) is 25.1. The van der Waals surface area contributed by atoms with Gasteiger partial charge in [0, 0.05) is 13.1 Å². The van der Waals surface area contributed by atoms with Crippen molar-refractivity contribution in [3.8, 4) is 0 Å². The van der Waals surface area contributed by atoms with Gasteiger partial charge in [0.15, 0.2) is 0 Å². The van der Waals surface area contributed by atoms with Crippen LogP contribution in [0.5, 0.6) is 0 Å². The van der Waals surface area contributed by atoms with Crippen LogP contribution in [0.4, 0.5) is 4.79 Å². The highest BCUT2D eigenvalue weighted by Gasteiger charge is 2.24. The van der Waals surface area contributed by atoms with Gasteiger partial charge in [-0.05, 0) is 25.2 Å². The third-order valence-corrected chi connectivity index (χ3v) is 3.61. The summed E-state index contributed by atoms with van der Waals surface area (Å²) in [5.41, 5.74) is 0. The standard InChI is InChI=1S/C15H30N2O3/c1-6-12(7-2)10-17(8-3)15(20)16-13(14(18)19)9-11(4)5/h11-13H,6-10H2,1-5H3,(H,16,20)(H,18,19)/t13-/m1/s1. The Morgan fingerprint density at radius 1 is 1.15 bits per heavy atom. The number of aliphatic carboxylic acids is 1. The zero-order chi connectivity index (χ0) is 15.7. The fourth-order valence-electron chi connectivity index (χ4n) is 2.15. The molecule has 20 heavy (non-hydrogen) atoms. The van der Waals surface area contributed by atoms with E-state index in [1.54, 1.807) is 4.90 Å². The molecule has 0 unspecified atom stereocenters. The maximum atomic E-state index is 12.2. The van der Waals surface area contributed by atoms with Gasteiger partial charge in [-0.15, -0.1) is 0 Å². The first-order valence-corrected chi connectivity index (χ1v) is 7.63. The van der Waals surface area contributed by atoms with E-state index in [2.05, 4.69) is 19.2 Å². The number of carboxylic acid groups (broad SMARTS) is 1. The van der Waals surface area contributed by atoms with Crippen LogP contribution in [0.3, 0.4) is 0 Å². The number of urea groups is 1. The number of rotatable bonds is 9. The van der Waals surface area contributed by atoms with Crippen LogP contribution in [0.15, 0.2) is 0 Å². The molecule has 0 heterocycles. The predicted molar refractivity (Wildman–Crippen MR) is 80.7 cm³/mol. The summed E-state index contributed by atoms with van der Waals surface area (Å²) < 4.78 is 0. The summed E-state index contributed by atoms with van der Waals surface area (Å²) in [6.07, 6.45) is 2.49. The summed E-state index contributed by atoms with van der Waals surface area (Å²) in [5.74, 6) is -0.273. The molecule has 0 fully saturated rings. The molecule has 0 aliphatic carbocycles. The maximum absolute atomic E-state index is 12.2. The average molecular weight is 286 g/mol. The quantitative estimate of drug-likeness (QED) is 0.684. The zero-order valence-electron chi connectivity index (χ0n) is 13.5. The van der Waals surface area contributed by atoms with Crippen LogP contribution in [0.1, 0.15) is 53.9 Å². The van der Waals surface area contributed by atoms with Crippen molar-refractivity contribution in [3.05, 3.63) is 0 Å². The van der Waals surface area contributed by atoms with Gasteiger partial charge in [-0.25, -0.2) is 9.59 Å². The Labute approximate surface area is 122 Å². The fourth-order valence-corrected chi connectivity index (χ4v) is 2.15. The number of carbonyl (C=O) groups excluding carboxylic acids is 1. The number of hydrogen-bond donors (Lipinski definition) is 2. The molecule has 2 N–H and O–H groups in total. The normalized spacial score (nSPS) is 12.6. The fraction of sp³-hybridized carbons (Fsp3) is 0.867. The zero-order valence-corrected chi connectivity index (χ0v) is 13.5. The highest BCUT2D eigenvalue weighted by atomic mass is 16.4. The average Bonchev–Trinajstić information content (AvgIpc) is 2.38. The summed E-state index contributed by atoms with van der Waals surface area (Å²) in [5, 5.41) is 11.8. The number of nitrogens with zero attached hydrogens (tertiary/aromatic N) is 1. The lowest BCUT2D eigenvalue weighted by atomic mass is 10.0. The summed E-state index contributed by atoms with van der Waals surface area (Å²) in [7, 11) is 0. The highest BCUT2D eigenvalue weighted by molar-refractivity contribution is 5.82. The van der Waals surface area contributed by atoms with E-state index in [0.29, 0.717) is 25.4 Å². The lowest BCUT2D eigenvalue weighted by Crippen LogP contribution is -2.49. The number of hydrogen-bond acceptors (Lipinski definition) is 2. The second-order valence-electron chi connectivity index (χ2n) is 5.69. The SMILES string of the molecule is CCC(CC)CN(CC)C(=O)N[C@H](CC(C)C)C(=O)O. The van der Waals surface area contributed by atoms with E-state index in [1.165, 1.54) is 0 Å². The van der Waals surface area contributed by atoms with Crippen LogP contribution in [0, 0.1) is 11.8 Å². The maximum Gasteiger partial charge on any atom is 0.326 e. The van der Waals surface area contributed by atoms with Gasteiger partial charge >= 0.3 is 12.0 Å². The molecule has 0 spiro atoms. The number of nitrogens with one attached hydrogen (secondary N) is 1. The van der Waals surface area contributed by atoms with E-state index in [9.17, 15) is 9.59 Å². The van der Waals surface area contributed by atoms with Crippen molar-refractivity contribution in [2.24, 2.45) is 11.8 Å². The van der Waals surface area contributed by atoms with E-state index in [0.717, 1.165) is 12.8 Å². The third kappa shape index (κ3) is 6.78. The molecule has 0 aliphatic heterocycles. The van der Waals surface area contributed by atoms with Gasteiger partial charge in [0.2, 0.25) is 0 Å². The minimum absolute atomic E-state index is 0.227. The van der Waals surface area contributed by atoms with E-state index < -0.39 is 12.0 Å². The van der Waals surface area contributed by atoms with Gasteiger partial charge in [-0.1, -0.05) is 40.5 Å². The van der Waals surface area contributed by atoms with Crippen molar-refractivity contribution in [1.29, 1.82) is 0 Å². The molecule has 2 amide bonds. The molecule has 0 aromatic heterocycles. The topological polar surface area (TPSA) is 69.6 Å². The van der Waals surface area contributed by atoms with E-state index in [-0.39, 0.29) is 11.9 Å². The Morgan fingerprint density at radius 2 is 1.70 bits per heavy atom. The van der Waals surface area contributed by atoms with Crippen molar-refractivity contribution in [2.75, 3.05) is 13.1 Å². The molecule has 1 atom stereocenters. The van der Waals surface area contributed by atoms with Crippen LogP contribution in [0.25, 0.3) is 0 Å². The smallest absolute Gasteiger partial charge is 0.326 e. The summed E-state index contributed by atoms with van der Waals surface area (Å²) in [6.45, 7) is 11.3. The predicted octanol–water partition coefficient (Wildman–Crippen LogP) is 2.95. The van der Waals surface area contributed by atoms with Gasteiger partial charge in [0.25, 0.3) is 0 Å². The molecule has 118 valence electrons. The van der Waals surface area contributed by atoms with Gasteiger partial charge < -0.3 is 15.3 Å². The van der Waals surface area contributed by atoms with Crippen molar-refractivity contribution in [2.45, 2.75) is 59.9 Å². The Morgan fingerprint density at radius 3 is 2.05 bits per heavy atom. The van der Waals surface area contributed by atoms with Gasteiger partial charge in [0.1, 0.15) is 6.04 Å². The molecular formula is C15H30N2O3. The van der Waals surface area contributed by atoms with E-state index >= 15 is 0 Å². The van der Waals surface area contributed by atoms with Crippen molar-refractivity contribution >= 4 is 12.0 Å². The molecule has 0 saturated heterocycles. The van der Waals surface area contributed by atoms with E-state index in [4.69, 9.17) is 5.11 Å². The van der Waals surface area contributed by atoms with Crippen LogP contribution >= 0.6 is 0 Å². The molecule has 0 rings (SSSR count). The van der Waals surface area contributed by atoms with Crippen LogP contribution < -0.4 is 5.32 Å². The molecule has 0 aromatic rings. The van der Waals surface area contributed by atoms with Gasteiger partial charge in [-0.2, -0.15) is 0 Å². The third-order valence-electron chi connectivity index (χ3n) is 3.61. The molecule has 0 saturated carbocycles. The Kier molecular flexibility index (Phi) is 9.01. The summed E-state index contributed by atoms with van der Waals surface area (Å²) >= 11 is 0. The van der Waals surface area contributed by atoms with Crippen LogP contribution in [0.2, 0.25) is 0 Å². The van der Waals surface area contributed by atoms with E-state index in [1.807, 2.05) is 20.8 Å². The highest BCUT2D eigenvalue weighted by Crippen LogP contribution is 2.11. The molecule has 0 aliphatic rings. The molecule has 0 radical (unpaired) electrons. The van der Waals surface area contributed by atoms with Crippen molar-refractivity contribution in [1.82, 2.24) is 10.2 Å². The first kappa shape index (κ1) is 18.7. The lowest BCUT2D eigenvalue weighted by Gasteiger charge is -2.27. The second-order valence-corrected chi connectivity index (χ2v) is 5.69. The monoisotopic (exact) mass is 286 g/mol. The number of carbonyl (C=O) groups is 2. The second kappa shape index (κ2) is 9.61. The Bertz CT molecular complexity index is 301. The molecular weight excluding hydrogens is 256 g/mol. The molecule has 0 aromatic carbocycles. The first-order valence-electron chi connectivity index (χ1n) is 7.63. The Balaban J connectivity index is 4.62. The molecule has 0 bridgehead atoms.